The van der Waals surface area contributed by atoms with Crippen molar-refractivity contribution in [1.82, 2.24) is 4.90 Å². The van der Waals surface area contributed by atoms with Crippen LogP contribution in [0.25, 0.3) is 5.76 Å². The molecular weight excluding hydrogens is 486 g/mol. The number of nitrogens with zero attached hydrogens (tertiary/aromatic N) is 1. The monoisotopic (exact) mass is 517 g/mol. The van der Waals surface area contributed by atoms with E-state index in [2.05, 4.69) is 0 Å². The van der Waals surface area contributed by atoms with Gasteiger partial charge in [-0.05, 0) is 63.1 Å². The topological polar surface area (TPSA) is 94.5 Å². The zero-order valence-corrected chi connectivity index (χ0v) is 21.9. The van der Waals surface area contributed by atoms with E-state index in [1.54, 1.807) is 43.5 Å². The second kappa shape index (κ2) is 12.1. The SMILES string of the molecule is CCOc1cc(/C(O)=C2/C(=O)C(=O)N(CCCOC)C2c2ccc(OC(C)C)c(OC)c2)ccc1Cl. The number of ether oxygens (including phenoxy) is 4. The summed E-state index contributed by atoms with van der Waals surface area (Å²) >= 11 is 6.20. The van der Waals surface area contributed by atoms with Gasteiger partial charge in [0.25, 0.3) is 11.7 Å². The van der Waals surface area contributed by atoms with E-state index < -0.39 is 17.7 Å². The maximum Gasteiger partial charge on any atom is 0.295 e. The average molecular weight is 518 g/mol. The standard InChI is InChI=1S/C27H32ClNO7/c1-6-35-21-15-18(8-10-19(21)28)25(30)23-24(29(12-7-13-33-4)27(32)26(23)31)17-9-11-20(36-16(2)3)22(14-17)34-5/h8-11,14-16,24,30H,6-7,12-13H2,1-5H3/b25-23-. The number of Topliss-reactive ketones (excluding diaryl/α,β-unsaturated/α-hetero) is 1. The van der Waals surface area contributed by atoms with Gasteiger partial charge in [-0.2, -0.15) is 0 Å². The molecule has 36 heavy (non-hydrogen) atoms. The molecule has 194 valence electrons. The van der Waals surface area contributed by atoms with Crippen LogP contribution in [0.1, 0.15) is 44.4 Å². The van der Waals surface area contributed by atoms with Crippen LogP contribution >= 0.6 is 11.6 Å². The van der Waals surface area contributed by atoms with Gasteiger partial charge in [0.2, 0.25) is 0 Å². The molecule has 1 atom stereocenters. The molecule has 0 saturated carbocycles. The number of amides is 1. The molecule has 9 heteroatoms. The molecular formula is C27H32ClNO7. The molecule has 0 spiro atoms. The predicted molar refractivity (Wildman–Crippen MR) is 137 cm³/mol. The molecule has 1 aliphatic rings. The zero-order valence-electron chi connectivity index (χ0n) is 21.2. The highest BCUT2D eigenvalue weighted by Gasteiger charge is 2.46. The van der Waals surface area contributed by atoms with Gasteiger partial charge in [0.05, 0.1) is 36.5 Å². The number of carbonyl (C=O) groups excluding carboxylic acids is 2. The first-order valence-electron chi connectivity index (χ1n) is 11.8. The molecule has 0 aromatic heterocycles. The van der Waals surface area contributed by atoms with Crippen LogP contribution in [0, 0.1) is 0 Å². The van der Waals surface area contributed by atoms with E-state index in [1.165, 1.54) is 12.0 Å². The molecule has 1 amide bonds. The molecule has 1 aliphatic heterocycles. The molecule has 1 N–H and O–H groups in total. The van der Waals surface area contributed by atoms with Gasteiger partial charge >= 0.3 is 0 Å². The lowest BCUT2D eigenvalue weighted by Crippen LogP contribution is -2.31. The molecule has 2 aromatic carbocycles. The van der Waals surface area contributed by atoms with E-state index in [9.17, 15) is 14.7 Å². The number of methoxy groups -OCH3 is 2. The fourth-order valence-corrected chi connectivity index (χ4v) is 4.29. The minimum atomic E-state index is -0.838. The van der Waals surface area contributed by atoms with Crippen LogP contribution in [0.15, 0.2) is 42.0 Å². The van der Waals surface area contributed by atoms with E-state index in [0.29, 0.717) is 53.0 Å². The zero-order chi connectivity index (χ0) is 26.4. The molecule has 2 aromatic rings. The van der Waals surface area contributed by atoms with E-state index >= 15 is 0 Å². The summed E-state index contributed by atoms with van der Waals surface area (Å²) in [6.45, 7) is 6.67. The molecule has 0 radical (unpaired) electrons. The van der Waals surface area contributed by atoms with Crippen LogP contribution in [0.2, 0.25) is 5.02 Å². The normalized spacial score (nSPS) is 17.1. The van der Waals surface area contributed by atoms with Crippen LogP contribution in [0.3, 0.4) is 0 Å². The van der Waals surface area contributed by atoms with Crippen LogP contribution < -0.4 is 14.2 Å². The highest BCUT2D eigenvalue weighted by atomic mass is 35.5. The summed E-state index contributed by atoms with van der Waals surface area (Å²) in [7, 11) is 3.09. The van der Waals surface area contributed by atoms with Crippen molar-refractivity contribution in [2.45, 2.75) is 39.3 Å². The third kappa shape index (κ3) is 5.77. The molecule has 1 heterocycles. The lowest BCUT2D eigenvalue weighted by Gasteiger charge is -2.26. The van der Waals surface area contributed by atoms with Crippen molar-refractivity contribution in [2.75, 3.05) is 34.0 Å². The van der Waals surface area contributed by atoms with Crippen molar-refractivity contribution in [3.63, 3.8) is 0 Å². The Morgan fingerprint density at radius 2 is 1.83 bits per heavy atom. The summed E-state index contributed by atoms with van der Waals surface area (Å²) in [5, 5.41) is 11.7. The number of aliphatic hydroxyl groups is 1. The fourth-order valence-electron chi connectivity index (χ4n) is 4.11. The maximum atomic E-state index is 13.2. The Labute approximate surface area is 216 Å². The van der Waals surface area contributed by atoms with Crippen molar-refractivity contribution in [3.8, 4) is 17.2 Å². The van der Waals surface area contributed by atoms with Crippen LogP contribution in [0.4, 0.5) is 0 Å². The minimum Gasteiger partial charge on any atom is -0.507 e. The van der Waals surface area contributed by atoms with Gasteiger partial charge in [-0.25, -0.2) is 0 Å². The van der Waals surface area contributed by atoms with Crippen molar-refractivity contribution in [3.05, 3.63) is 58.1 Å². The number of benzene rings is 2. The Hall–Kier alpha value is -3.23. The van der Waals surface area contributed by atoms with Crippen LogP contribution in [-0.2, 0) is 14.3 Å². The summed E-state index contributed by atoms with van der Waals surface area (Å²) in [6, 6.07) is 9.09. The first-order chi connectivity index (χ1) is 17.2. The highest BCUT2D eigenvalue weighted by Crippen LogP contribution is 2.42. The van der Waals surface area contributed by atoms with E-state index in [4.69, 9.17) is 30.5 Å². The number of aliphatic hydroxyl groups excluding tert-OH is 1. The van der Waals surface area contributed by atoms with Crippen LogP contribution in [0.5, 0.6) is 17.2 Å². The Morgan fingerprint density at radius 3 is 2.47 bits per heavy atom. The Balaban J connectivity index is 2.17. The summed E-state index contributed by atoms with van der Waals surface area (Å²) < 4.78 is 22.0. The molecule has 1 saturated heterocycles. The number of hydrogen-bond acceptors (Lipinski definition) is 7. The minimum absolute atomic E-state index is 0.0261. The van der Waals surface area contributed by atoms with E-state index in [-0.39, 0.29) is 24.0 Å². The Bertz CT molecular complexity index is 1140. The molecule has 8 nitrogen and oxygen atoms in total. The summed E-state index contributed by atoms with van der Waals surface area (Å²) in [4.78, 5) is 27.8. The second-order valence-corrected chi connectivity index (χ2v) is 8.90. The van der Waals surface area contributed by atoms with Gasteiger partial charge in [-0.15, -0.1) is 0 Å². The Morgan fingerprint density at radius 1 is 1.08 bits per heavy atom. The van der Waals surface area contributed by atoms with Gasteiger partial charge in [-0.1, -0.05) is 17.7 Å². The summed E-state index contributed by atoms with van der Waals surface area (Å²) in [5.41, 5.74) is 0.886. The summed E-state index contributed by atoms with van der Waals surface area (Å²) in [6.07, 6.45) is 0.440. The Kier molecular flexibility index (Phi) is 9.23. The van der Waals surface area contributed by atoms with Crippen LogP contribution in [-0.4, -0.2) is 61.8 Å². The quantitative estimate of drug-likeness (QED) is 0.194. The number of likely N-dealkylation sites (tertiary alicyclic amines) is 1. The fraction of sp³-hybridized carbons (Fsp3) is 0.407. The molecule has 1 unspecified atom stereocenters. The van der Waals surface area contributed by atoms with E-state index in [0.717, 1.165) is 0 Å². The predicted octanol–water partition coefficient (Wildman–Crippen LogP) is 4.99. The number of hydrogen-bond donors (Lipinski definition) is 1. The van der Waals surface area contributed by atoms with Gasteiger partial charge < -0.3 is 29.0 Å². The lowest BCUT2D eigenvalue weighted by atomic mass is 9.95. The number of rotatable bonds is 11. The number of halogens is 1. The van der Waals surface area contributed by atoms with Crippen molar-refractivity contribution in [2.24, 2.45) is 0 Å². The van der Waals surface area contributed by atoms with Gasteiger partial charge in [0, 0.05) is 25.8 Å². The molecule has 0 bridgehead atoms. The number of ketones is 1. The first-order valence-corrected chi connectivity index (χ1v) is 12.2. The maximum absolute atomic E-state index is 13.2. The van der Waals surface area contributed by atoms with Crippen molar-refractivity contribution in [1.29, 1.82) is 0 Å². The highest BCUT2D eigenvalue weighted by molar-refractivity contribution is 6.46. The number of carbonyl (C=O) groups is 2. The largest absolute Gasteiger partial charge is 0.507 e. The third-order valence-corrected chi connectivity index (χ3v) is 5.97. The van der Waals surface area contributed by atoms with Gasteiger partial charge in [0.1, 0.15) is 11.5 Å². The van der Waals surface area contributed by atoms with Crippen molar-refractivity contribution < 1.29 is 33.6 Å². The molecule has 0 aliphatic carbocycles. The first kappa shape index (κ1) is 27.4. The van der Waals surface area contributed by atoms with Gasteiger partial charge in [0.15, 0.2) is 11.5 Å². The third-order valence-electron chi connectivity index (χ3n) is 5.66. The lowest BCUT2D eigenvalue weighted by molar-refractivity contribution is -0.140. The second-order valence-electron chi connectivity index (χ2n) is 8.49. The van der Waals surface area contributed by atoms with E-state index in [1.807, 2.05) is 20.8 Å². The smallest absolute Gasteiger partial charge is 0.295 e. The van der Waals surface area contributed by atoms with Gasteiger partial charge in [-0.3, -0.25) is 9.59 Å². The average Bonchev–Trinajstić information content (AvgIpc) is 3.10. The van der Waals surface area contributed by atoms with Crippen molar-refractivity contribution >= 4 is 29.1 Å². The molecule has 3 rings (SSSR count). The molecule has 1 fully saturated rings. The summed E-state index contributed by atoms with van der Waals surface area (Å²) in [5.74, 6) is -0.430.